The molecule has 0 atom stereocenters. The number of hydrogen-bond donors (Lipinski definition) is 2. The molecule has 30 heavy (non-hydrogen) atoms. The molecule has 0 aromatic heterocycles. The van der Waals surface area contributed by atoms with E-state index in [2.05, 4.69) is 10.9 Å². The lowest BCUT2D eigenvalue weighted by atomic mass is 10.1. The first-order valence-electron chi connectivity index (χ1n) is 9.49. The van der Waals surface area contributed by atoms with Crippen molar-refractivity contribution in [3.05, 3.63) is 90.0 Å². The zero-order valence-corrected chi connectivity index (χ0v) is 16.3. The molecule has 0 fully saturated rings. The third kappa shape index (κ3) is 5.94. The van der Waals surface area contributed by atoms with Crippen molar-refractivity contribution < 1.29 is 14.3 Å². The van der Waals surface area contributed by atoms with Crippen LogP contribution in [0.2, 0.25) is 0 Å². The summed E-state index contributed by atoms with van der Waals surface area (Å²) in [5, 5.41) is 8.79. The topological polar surface area (TPSA) is 91.2 Å². The number of nitrogens with one attached hydrogen (secondary N) is 2. The highest BCUT2D eigenvalue weighted by molar-refractivity contribution is 5.83. The number of nitrogens with zero attached hydrogens (tertiary/aromatic N) is 1. The van der Waals surface area contributed by atoms with Crippen LogP contribution in [-0.2, 0) is 16.0 Å². The number of amides is 2. The molecule has 0 aliphatic heterocycles. The van der Waals surface area contributed by atoms with Crippen LogP contribution in [0.4, 0.5) is 0 Å². The van der Waals surface area contributed by atoms with Crippen molar-refractivity contribution in [2.24, 2.45) is 0 Å². The maximum absolute atomic E-state index is 12.0. The van der Waals surface area contributed by atoms with E-state index in [0.29, 0.717) is 17.7 Å². The van der Waals surface area contributed by atoms with Crippen molar-refractivity contribution in [2.45, 2.75) is 12.8 Å². The van der Waals surface area contributed by atoms with E-state index >= 15 is 0 Å². The minimum Gasteiger partial charge on any atom is -0.483 e. The van der Waals surface area contributed by atoms with Crippen LogP contribution in [0, 0.1) is 11.3 Å². The smallest absolute Gasteiger partial charge is 0.276 e. The number of carbonyl (C=O) groups excluding carboxylic acids is 2. The van der Waals surface area contributed by atoms with Crippen LogP contribution in [0.15, 0.2) is 78.9 Å². The van der Waals surface area contributed by atoms with Crippen LogP contribution >= 0.6 is 0 Å². The van der Waals surface area contributed by atoms with E-state index in [9.17, 15) is 9.59 Å². The third-order valence-electron chi connectivity index (χ3n) is 4.40. The number of carbonyl (C=O) groups is 2. The van der Waals surface area contributed by atoms with Crippen molar-refractivity contribution >= 4 is 11.8 Å². The summed E-state index contributed by atoms with van der Waals surface area (Å²) in [4.78, 5) is 24.0. The number of hydrogen-bond acceptors (Lipinski definition) is 4. The number of rotatable bonds is 7. The predicted octanol–water partition coefficient (Wildman–Crippen LogP) is 3.38. The minimum atomic E-state index is -0.454. The Hall–Kier alpha value is -4.11. The lowest BCUT2D eigenvalue weighted by Crippen LogP contribution is -2.43. The predicted molar refractivity (Wildman–Crippen MR) is 113 cm³/mol. The molecule has 0 bridgehead atoms. The molecule has 6 nitrogen and oxygen atoms in total. The molecule has 0 aliphatic rings. The quantitative estimate of drug-likeness (QED) is 0.596. The van der Waals surface area contributed by atoms with Gasteiger partial charge in [-0.1, -0.05) is 60.7 Å². The first kappa shape index (κ1) is 20.6. The van der Waals surface area contributed by atoms with Crippen LogP contribution in [0.5, 0.6) is 5.75 Å². The molecule has 6 heteroatoms. The molecule has 3 aromatic rings. The number of aryl methyl sites for hydroxylation is 1. The van der Waals surface area contributed by atoms with Gasteiger partial charge in [0.05, 0.1) is 11.6 Å². The highest BCUT2D eigenvalue weighted by Crippen LogP contribution is 2.29. The Labute approximate surface area is 175 Å². The summed E-state index contributed by atoms with van der Waals surface area (Å²) in [6.45, 7) is -0.222. The largest absolute Gasteiger partial charge is 0.483 e. The van der Waals surface area contributed by atoms with Gasteiger partial charge in [-0.05, 0) is 35.7 Å². The Morgan fingerprint density at radius 1 is 0.833 bits per heavy atom. The van der Waals surface area contributed by atoms with E-state index < -0.39 is 5.91 Å². The first-order valence-corrected chi connectivity index (χ1v) is 9.49. The fraction of sp³-hybridized carbons (Fsp3) is 0.125. The molecule has 0 heterocycles. The molecule has 0 radical (unpaired) electrons. The summed E-state index contributed by atoms with van der Waals surface area (Å²) in [5.74, 6) is -0.173. The van der Waals surface area contributed by atoms with Gasteiger partial charge in [0.2, 0.25) is 5.91 Å². The second-order valence-corrected chi connectivity index (χ2v) is 6.56. The lowest BCUT2D eigenvalue weighted by Gasteiger charge is -2.12. The van der Waals surface area contributed by atoms with Crippen molar-refractivity contribution in [3.63, 3.8) is 0 Å². The number of para-hydroxylation sites is 1. The highest BCUT2D eigenvalue weighted by atomic mass is 16.5. The van der Waals surface area contributed by atoms with Crippen molar-refractivity contribution in [3.8, 4) is 22.9 Å². The molecule has 150 valence electrons. The molecular weight excluding hydrogens is 378 g/mol. The summed E-state index contributed by atoms with van der Waals surface area (Å²) >= 11 is 0. The highest BCUT2D eigenvalue weighted by Gasteiger charge is 2.09. The normalized spacial score (nSPS) is 9.97. The first-order chi connectivity index (χ1) is 14.7. The van der Waals surface area contributed by atoms with Crippen molar-refractivity contribution in [2.75, 3.05) is 6.61 Å². The molecule has 0 saturated carbocycles. The Kier molecular flexibility index (Phi) is 7.17. The number of hydrazine groups is 1. The van der Waals surface area contributed by atoms with Crippen LogP contribution in [0.3, 0.4) is 0 Å². The summed E-state index contributed by atoms with van der Waals surface area (Å²) in [5.41, 5.74) is 8.14. The third-order valence-corrected chi connectivity index (χ3v) is 4.40. The van der Waals surface area contributed by atoms with Gasteiger partial charge >= 0.3 is 0 Å². The summed E-state index contributed by atoms with van der Waals surface area (Å²) < 4.78 is 5.65. The van der Waals surface area contributed by atoms with E-state index in [-0.39, 0.29) is 18.9 Å². The van der Waals surface area contributed by atoms with Gasteiger partial charge in [-0.25, -0.2) is 0 Å². The van der Waals surface area contributed by atoms with Crippen molar-refractivity contribution in [1.82, 2.24) is 10.9 Å². The standard InChI is InChI=1S/C24H21N3O3/c25-16-19-12-10-18(11-13-19)14-15-23(28)26-27-24(29)17-30-22-9-5-4-8-21(22)20-6-2-1-3-7-20/h1-13H,14-15,17H2,(H,26,28)(H,27,29). The lowest BCUT2D eigenvalue weighted by molar-refractivity contribution is -0.130. The molecule has 0 saturated heterocycles. The van der Waals surface area contributed by atoms with Crippen LogP contribution in [0.1, 0.15) is 17.5 Å². The fourth-order valence-electron chi connectivity index (χ4n) is 2.83. The number of ether oxygens (including phenoxy) is 1. The van der Waals surface area contributed by atoms with Gasteiger partial charge < -0.3 is 4.74 Å². The zero-order valence-electron chi connectivity index (χ0n) is 16.3. The number of benzene rings is 3. The SMILES string of the molecule is N#Cc1ccc(CCC(=O)NNC(=O)COc2ccccc2-c2ccccc2)cc1. The Morgan fingerprint density at radius 3 is 2.23 bits per heavy atom. The molecule has 3 rings (SSSR count). The second kappa shape index (κ2) is 10.4. The Bertz CT molecular complexity index is 1040. The second-order valence-electron chi connectivity index (χ2n) is 6.56. The molecule has 0 spiro atoms. The van der Waals surface area contributed by atoms with Crippen LogP contribution < -0.4 is 15.6 Å². The van der Waals surface area contributed by atoms with Crippen LogP contribution in [-0.4, -0.2) is 18.4 Å². The molecule has 0 aliphatic carbocycles. The summed E-state index contributed by atoms with van der Waals surface area (Å²) in [7, 11) is 0. The molecule has 2 N–H and O–H groups in total. The van der Waals surface area contributed by atoms with E-state index in [4.69, 9.17) is 10.00 Å². The molecule has 0 unspecified atom stereocenters. The minimum absolute atomic E-state index is 0.212. The monoisotopic (exact) mass is 399 g/mol. The van der Waals surface area contributed by atoms with Crippen molar-refractivity contribution in [1.29, 1.82) is 5.26 Å². The maximum Gasteiger partial charge on any atom is 0.276 e. The molecule has 3 aromatic carbocycles. The van der Waals surface area contributed by atoms with Gasteiger partial charge in [0, 0.05) is 12.0 Å². The molecular formula is C24H21N3O3. The van der Waals surface area contributed by atoms with Gasteiger partial charge in [0.1, 0.15) is 5.75 Å². The maximum atomic E-state index is 12.0. The fourth-order valence-corrected chi connectivity index (χ4v) is 2.83. The van der Waals surface area contributed by atoms with Gasteiger partial charge in [0.25, 0.3) is 5.91 Å². The van der Waals surface area contributed by atoms with E-state index in [1.807, 2.05) is 66.7 Å². The summed E-state index contributed by atoms with van der Waals surface area (Å²) in [6, 6.07) is 26.3. The Balaban J connectivity index is 1.44. The molecule has 2 amide bonds. The average Bonchev–Trinajstić information content (AvgIpc) is 2.81. The Morgan fingerprint density at radius 2 is 1.50 bits per heavy atom. The number of nitriles is 1. The average molecular weight is 399 g/mol. The summed E-state index contributed by atoms with van der Waals surface area (Å²) in [6.07, 6.45) is 0.720. The van der Waals surface area contributed by atoms with Gasteiger partial charge in [-0.15, -0.1) is 0 Å². The van der Waals surface area contributed by atoms with E-state index in [1.54, 1.807) is 18.2 Å². The van der Waals surface area contributed by atoms with E-state index in [1.165, 1.54) is 0 Å². The van der Waals surface area contributed by atoms with Gasteiger partial charge in [0.15, 0.2) is 6.61 Å². The van der Waals surface area contributed by atoms with Gasteiger partial charge in [-0.3, -0.25) is 20.4 Å². The van der Waals surface area contributed by atoms with Gasteiger partial charge in [-0.2, -0.15) is 5.26 Å². The van der Waals surface area contributed by atoms with Crippen LogP contribution in [0.25, 0.3) is 11.1 Å². The zero-order chi connectivity index (χ0) is 21.2. The van der Waals surface area contributed by atoms with E-state index in [0.717, 1.165) is 16.7 Å².